The molecule has 2 aromatic carbocycles. The lowest BCUT2D eigenvalue weighted by Gasteiger charge is -2.12. The molecule has 0 heterocycles. The van der Waals surface area contributed by atoms with Crippen LogP contribution in [-0.4, -0.2) is 13.3 Å². The Balaban J connectivity index is 2.47. The van der Waals surface area contributed by atoms with Crippen LogP contribution in [0.1, 0.15) is 11.1 Å². The Morgan fingerprint density at radius 2 is 1.80 bits per heavy atom. The fourth-order valence-corrected chi connectivity index (χ4v) is 3.14. The summed E-state index contributed by atoms with van der Waals surface area (Å²) in [7, 11) is -4.68. The number of rotatable bonds is 4. The number of hydrogen-bond donors (Lipinski definition) is 1. The smallest absolute Gasteiger partial charge is 0.280 e. The Bertz CT molecular complexity index is 942. The molecule has 0 aliphatic heterocycles. The van der Waals surface area contributed by atoms with E-state index in [0.29, 0.717) is 18.2 Å². The van der Waals surface area contributed by atoms with Crippen molar-refractivity contribution in [2.45, 2.75) is 18.0 Å². The molecule has 0 saturated carbocycles. The van der Waals surface area contributed by atoms with Crippen LogP contribution in [0.15, 0.2) is 41.3 Å². The molecular weight excluding hydrogens is 368 g/mol. The zero-order valence-corrected chi connectivity index (χ0v) is 13.3. The monoisotopic (exact) mass is 378 g/mol. The summed E-state index contributed by atoms with van der Waals surface area (Å²) in [6.45, 7) is 1.22. The third kappa shape index (κ3) is 4.05. The van der Waals surface area contributed by atoms with Gasteiger partial charge in [0, 0.05) is 17.3 Å². The van der Waals surface area contributed by atoms with E-state index in [1.165, 1.54) is 6.92 Å². The van der Waals surface area contributed by atoms with E-state index in [4.69, 9.17) is 0 Å². The predicted molar refractivity (Wildman–Crippen MR) is 80.0 cm³/mol. The molecule has 0 unspecified atom stereocenters. The van der Waals surface area contributed by atoms with Gasteiger partial charge < -0.3 is 0 Å². The largest absolute Gasteiger partial charge is 0.416 e. The zero-order valence-electron chi connectivity index (χ0n) is 12.5. The molecule has 6 nitrogen and oxygen atoms in total. The summed E-state index contributed by atoms with van der Waals surface area (Å²) in [5.74, 6) is -1.26. The molecule has 0 aliphatic carbocycles. The Hall–Kier alpha value is -2.69. The minimum absolute atomic E-state index is 0.0967. The van der Waals surface area contributed by atoms with Gasteiger partial charge in [0.2, 0.25) is 0 Å². The van der Waals surface area contributed by atoms with Gasteiger partial charge in [-0.05, 0) is 31.2 Å². The third-order valence-corrected chi connectivity index (χ3v) is 4.58. The summed E-state index contributed by atoms with van der Waals surface area (Å²) in [6.07, 6.45) is -4.70. The van der Waals surface area contributed by atoms with Gasteiger partial charge in [0.05, 0.1) is 10.5 Å². The Morgan fingerprint density at radius 1 is 1.16 bits per heavy atom. The quantitative estimate of drug-likeness (QED) is 0.497. The van der Waals surface area contributed by atoms with E-state index in [9.17, 15) is 36.1 Å². The molecule has 2 rings (SSSR count). The minimum atomic E-state index is -4.70. The van der Waals surface area contributed by atoms with E-state index < -0.39 is 48.8 Å². The maximum Gasteiger partial charge on any atom is 0.416 e. The van der Waals surface area contributed by atoms with Gasteiger partial charge in [0.1, 0.15) is 10.7 Å². The summed E-state index contributed by atoms with van der Waals surface area (Å²) >= 11 is 0. The van der Waals surface area contributed by atoms with E-state index in [2.05, 4.69) is 0 Å². The number of benzene rings is 2. The molecule has 11 heteroatoms. The second kappa shape index (κ2) is 6.31. The van der Waals surface area contributed by atoms with Gasteiger partial charge in [-0.15, -0.1) is 0 Å². The van der Waals surface area contributed by atoms with Crippen molar-refractivity contribution in [2.75, 3.05) is 4.72 Å². The first-order valence-electron chi connectivity index (χ1n) is 6.56. The summed E-state index contributed by atoms with van der Waals surface area (Å²) in [6, 6.07) is 4.44. The van der Waals surface area contributed by atoms with Gasteiger partial charge in [0.25, 0.3) is 15.7 Å². The second-order valence-corrected chi connectivity index (χ2v) is 6.66. The van der Waals surface area contributed by atoms with Crippen LogP contribution in [0, 0.1) is 22.9 Å². The van der Waals surface area contributed by atoms with Gasteiger partial charge in [-0.25, -0.2) is 12.8 Å². The molecule has 0 atom stereocenters. The molecule has 0 aromatic heterocycles. The third-order valence-electron chi connectivity index (χ3n) is 3.18. The summed E-state index contributed by atoms with van der Waals surface area (Å²) in [5.41, 5.74) is -2.30. The maximum atomic E-state index is 13.9. The molecule has 0 aliphatic rings. The molecule has 0 saturated heterocycles. The van der Waals surface area contributed by atoms with Crippen LogP contribution in [0.3, 0.4) is 0 Å². The average Bonchev–Trinajstić information content (AvgIpc) is 2.45. The van der Waals surface area contributed by atoms with Crippen molar-refractivity contribution in [3.05, 3.63) is 63.5 Å². The average molecular weight is 378 g/mol. The Morgan fingerprint density at radius 3 is 2.36 bits per heavy atom. The lowest BCUT2D eigenvalue weighted by molar-refractivity contribution is -0.385. The molecule has 0 spiro atoms. The summed E-state index contributed by atoms with van der Waals surface area (Å²) in [4.78, 5) is 8.94. The number of halogens is 4. The lowest BCUT2D eigenvalue weighted by atomic mass is 10.2. The van der Waals surface area contributed by atoms with Crippen molar-refractivity contribution >= 4 is 21.4 Å². The summed E-state index contributed by atoms with van der Waals surface area (Å²) < 4.78 is 78.1. The van der Waals surface area contributed by atoms with Crippen molar-refractivity contribution in [1.29, 1.82) is 0 Å². The predicted octanol–water partition coefficient (Wildman–Crippen LogP) is 3.86. The molecule has 0 bridgehead atoms. The highest BCUT2D eigenvalue weighted by Gasteiger charge is 2.31. The van der Waals surface area contributed by atoms with Crippen molar-refractivity contribution in [1.82, 2.24) is 0 Å². The van der Waals surface area contributed by atoms with Gasteiger partial charge in [-0.1, -0.05) is 6.07 Å². The zero-order chi connectivity index (χ0) is 19.0. The molecule has 2 aromatic rings. The van der Waals surface area contributed by atoms with Crippen LogP contribution < -0.4 is 4.72 Å². The number of nitrogens with one attached hydrogen (secondary N) is 1. The Kier molecular flexibility index (Phi) is 4.71. The number of anilines is 1. The fourth-order valence-electron chi connectivity index (χ4n) is 2.01. The first-order chi connectivity index (χ1) is 11.4. The van der Waals surface area contributed by atoms with E-state index >= 15 is 0 Å². The SMILES string of the molecule is Cc1cc(F)c(S(=O)(=O)Nc2cccc(C(F)(F)F)c2)cc1[N+](=O)[O-]. The standard InChI is InChI=1S/C14H10F4N2O4S/c1-8-5-11(15)13(7-12(8)20(21)22)25(23,24)19-10-4-2-3-9(6-10)14(16,17)18/h2-7,19H,1H3. The van der Waals surface area contributed by atoms with Crippen molar-refractivity contribution in [2.24, 2.45) is 0 Å². The van der Waals surface area contributed by atoms with Crippen LogP contribution >= 0.6 is 0 Å². The van der Waals surface area contributed by atoms with Crippen LogP contribution in [0.25, 0.3) is 0 Å². The number of nitrogens with zero attached hydrogens (tertiary/aromatic N) is 1. The highest BCUT2D eigenvalue weighted by atomic mass is 32.2. The molecule has 1 N–H and O–H groups in total. The first kappa shape index (κ1) is 18.6. The van der Waals surface area contributed by atoms with Crippen molar-refractivity contribution < 1.29 is 30.9 Å². The number of aryl methyl sites for hydroxylation is 1. The van der Waals surface area contributed by atoms with E-state index in [1.54, 1.807) is 4.72 Å². The topological polar surface area (TPSA) is 89.3 Å². The molecular formula is C14H10F4N2O4S. The van der Waals surface area contributed by atoms with Crippen LogP contribution in [-0.2, 0) is 16.2 Å². The Labute approximate surface area is 139 Å². The minimum Gasteiger partial charge on any atom is -0.280 e. The highest BCUT2D eigenvalue weighted by Crippen LogP contribution is 2.32. The number of hydrogen-bond acceptors (Lipinski definition) is 4. The lowest BCUT2D eigenvalue weighted by Crippen LogP contribution is -2.16. The highest BCUT2D eigenvalue weighted by molar-refractivity contribution is 7.92. The van der Waals surface area contributed by atoms with E-state index in [-0.39, 0.29) is 5.56 Å². The molecule has 0 fully saturated rings. The maximum absolute atomic E-state index is 13.9. The van der Waals surface area contributed by atoms with E-state index in [0.717, 1.165) is 18.2 Å². The molecule has 0 amide bonds. The first-order valence-corrected chi connectivity index (χ1v) is 8.05. The molecule has 134 valence electrons. The number of nitro benzene ring substituents is 1. The van der Waals surface area contributed by atoms with Gasteiger partial charge in [0.15, 0.2) is 0 Å². The van der Waals surface area contributed by atoms with Crippen LogP contribution in [0.5, 0.6) is 0 Å². The normalized spacial score (nSPS) is 12.0. The van der Waals surface area contributed by atoms with Crippen molar-refractivity contribution in [3.8, 4) is 0 Å². The fraction of sp³-hybridized carbons (Fsp3) is 0.143. The molecule has 25 heavy (non-hydrogen) atoms. The van der Waals surface area contributed by atoms with Gasteiger partial charge in [-0.2, -0.15) is 13.2 Å². The number of nitro groups is 1. The summed E-state index contributed by atoms with van der Waals surface area (Å²) in [5, 5.41) is 10.9. The van der Waals surface area contributed by atoms with Gasteiger partial charge in [-0.3, -0.25) is 14.8 Å². The second-order valence-electron chi connectivity index (χ2n) is 5.01. The number of alkyl halides is 3. The van der Waals surface area contributed by atoms with Crippen LogP contribution in [0.4, 0.5) is 28.9 Å². The number of sulfonamides is 1. The molecule has 0 radical (unpaired) electrons. The van der Waals surface area contributed by atoms with E-state index in [1.807, 2.05) is 0 Å². The van der Waals surface area contributed by atoms with Crippen LogP contribution in [0.2, 0.25) is 0 Å². The van der Waals surface area contributed by atoms with Gasteiger partial charge >= 0.3 is 6.18 Å². The van der Waals surface area contributed by atoms with Crippen molar-refractivity contribution in [3.63, 3.8) is 0 Å².